The smallest absolute Gasteiger partial charge is 0.237 e. The molecule has 1 amide bonds. The van der Waals surface area contributed by atoms with Crippen LogP contribution in [0.5, 0.6) is 0 Å². The average molecular weight is 295 g/mol. The first kappa shape index (κ1) is 13.7. The Hall–Kier alpha value is -1.94. The third-order valence-corrected chi connectivity index (χ3v) is 4.68. The fourth-order valence-corrected chi connectivity index (χ4v) is 3.35. The Morgan fingerprint density at radius 2 is 2.09 bits per heavy atom. The minimum absolute atomic E-state index is 0.0274. The second-order valence-electron chi connectivity index (χ2n) is 6.40. The summed E-state index contributed by atoms with van der Waals surface area (Å²) in [5, 5.41) is 4.32. The molecule has 0 unspecified atom stereocenters. The number of nitrogens with zero attached hydrogens (tertiary/aromatic N) is 2. The Morgan fingerprint density at radius 1 is 1.23 bits per heavy atom. The van der Waals surface area contributed by atoms with Crippen molar-refractivity contribution in [3.63, 3.8) is 0 Å². The molecule has 4 rings (SSSR count). The van der Waals surface area contributed by atoms with E-state index in [9.17, 15) is 4.79 Å². The number of aromatic nitrogens is 1. The molecule has 114 valence electrons. The molecule has 2 heterocycles. The van der Waals surface area contributed by atoms with Crippen LogP contribution in [0.15, 0.2) is 36.5 Å². The lowest BCUT2D eigenvalue weighted by Gasteiger charge is -2.24. The van der Waals surface area contributed by atoms with Crippen LogP contribution in [-0.4, -0.2) is 34.4 Å². The van der Waals surface area contributed by atoms with Crippen LogP contribution in [0, 0.1) is 0 Å². The Labute approximate surface area is 130 Å². The van der Waals surface area contributed by atoms with Crippen LogP contribution in [0.2, 0.25) is 0 Å². The van der Waals surface area contributed by atoms with Gasteiger partial charge in [-0.1, -0.05) is 24.3 Å². The number of hydrogen-bond donors (Lipinski definition) is 1. The SMILES string of the molecule is O=C(NC1CC1)[C@H]1CCCN1Cc1cccc2cccnc12. The summed E-state index contributed by atoms with van der Waals surface area (Å²) in [6, 6.07) is 10.8. The summed E-state index contributed by atoms with van der Waals surface area (Å²) in [5.74, 6) is 0.216. The molecule has 1 aliphatic carbocycles. The van der Waals surface area contributed by atoms with Gasteiger partial charge in [-0.25, -0.2) is 0 Å². The van der Waals surface area contributed by atoms with Gasteiger partial charge in [0.05, 0.1) is 11.6 Å². The second-order valence-corrected chi connectivity index (χ2v) is 6.40. The van der Waals surface area contributed by atoms with Crippen molar-refractivity contribution >= 4 is 16.8 Å². The standard InChI is InChI=1S/C18H21N3O/c22-18(20-15-8-9-15)16-7-3-11-21(16)12-14-5-1-4-13-6-2-10-19-17(13)14/h1-2,4-6,10,15-16H,3,7-9,11-12H2,(H,20,22)/t16-/m1/s1. The van der Waals surface area contributed by atoms with Crippen LogP contribution in [0.25, 0.3) is 10.9 Å². The van der Waals surface area contributed by atoms with Gasteiger partial charge in [0.15, 0.2) is 0 Å². The highest BCUT2D eigenvalue weighted by molar-refractivity contribution is 5.83. The van der Waals surface area contributed by atoms with Gasteiger partial charge in [-0.2, -0.15) is 0 Å². The molecule has 1 N–H and O–H groups in total. The van der Waals surface area contributed by atoms with Crippen molar-refractivity contribution in [3.05, 3.63) is 42.1 Å². The molecule has 4 nitrogen and oxygen atoms in total. The van der Waals surface area contributed by atoms with E-state index in [0.717, 1.165) is 49.7 Å². The van der Waals surface area contributed by atoms with Crippen LogP contribution < -0.4 is 5.32 Å². The summed E-state index contributed by atoms with van der Waals surface area (Å²) in [6.45, 7) is 1.79. The van der Waals surface area contributed by atoms with E-state index in [4.69, 9.17) is 0 Å². The minimum Gasteiger partial charge on any atom is -0.352 e. The third kappa shape index (κ3) is 2.71. The molecule has 1 aliphatic heterocycles. The number of benzene rings is 1. The highest BCUT2D eigenvalue weighted by Gasteiger charge is 2.34. The predicted octanol–water partition coefficient (Wildman–Crippen LogP) is 2.48. The normalized spacial score (nSPS) is 22.1. The first-order valence-electron chi connectivity index (χ1n) is 8.18. The topological polar surface area (TPSA) is 45.2 Å². The lowest BCUT2D eigenvalue weighted by molar-refractivity contribution is -0.125. The van der Waals surface area contributed by atoms with Crippen LogP contribution in [-0.2, 0) is 11.3 Å². The second kappa shape index (κ2) is 5.69. The van der Waals surface area contributed by atoms with E-state index in [1.807, 2.05) is 12.3 Å². The number of rotatable bonds is 4. The van der Waals surface area contributed by atoms with Crippen LogP contribution >= 0.6 is 0 Å². The van der Waals surface area contributed by atoms with E-state index in [1.54, 1.807) is 0 Å². The van der Waals surface area contributed by atoms with E-state index in [2.05, 4.69) is 39.5 Å². The number of amides is 1. The number of hydrogen-bond acceptors (Lipinski definition) is 3. The van der Waals surface area contributed by atoms with Gasteiger partial charge in [-0.05, 0) is 43.9 Å². The largest absolute Gasteiger partial charge is 0.352 e. The van der Waals surface area contributed by atoms with Crippen molar-refractivity contribution in [1.82, 2.24) is 15.2 Å². The number of carbonyl (C=O) groups excluding carboxylic acids is 1. The average Bonchev–Trinajstić information content (AvgIpc) is 3.23. The number of fused-ring (bicyclic) bond motifs is 1. The zero-order valence-corrected chi connectivity index (χ0v) is 12.7. The molecule has 0 radical (unpaired) electrons. The van der Waals surface area contributed by atoms with Crippen molar-refractivity contribution in [2.45, 2.75) is 44.3 Å². The van der Waals surface area contributed by atoms with Gasteiger partial charge < -0.3 is 5.32 Å². The predicted molar refractivity (Wildman–Crippen MR) is 86.3 cm³/mol. The molecular weight excluding hydrogens is 274 g/mol. The fraction of sp³-hybridized carbons (Fsp3) is 0.444. The number of carbonyl (C=O) groups is 1. The van der Waals surface area contributed by atoms with Gasteiger partial charge in [0.2, 0.25) is 5.91 Å². The molecule has 2 fully saturated rings. The third-order valence-electron chi connectivity index (χ3n) is 4.68. The monoisotopic (exact) mass is 295 g/mol. The summed E-state index contributed by atoms with van der Waals surface area (Å²) in [6.07, 6.45) is 6.20. The molecule has 1 aromatic heterocycles. The maximum atomic E-state index is 12.4. The summed E-state index contributed by atoms with van der Waals surface area (Å²) in [7, 11) is 0. The highest BCUT2D eigenvalue weighted by atomic mass is 16.2. The van der Waals surface area contributed by atoms with Crippen LogP contribution in [0.3, 0.4) is 0 Å². The van der Waals surface area contributed by atoms with E-state index >= 15 is 0 Å². The molecule has 4 heteroatoms. The van der Waals surface area contributed by atoms with Gasteiger partial charge >= 0.3 is 0 Å². The number of likely N-dealkylation sites (tertiary alicyclic amines) is 1. The molecule has 1 saturated heterocycles. The molecule has 2 aromatic rings. The van der Waals surface area contributed by atoms with E-state index in [-0.39, 0.29) is 11.9 Å². The zero-order chi connectivity index (χ0) is 14.9. The Kier molecular flexibility index (Phi) is 3.54. The van der Waals surface area contributed by atoms with Crippen LogP contribution in [0.4, 0.5) is 0 Å². The lowest BCUT2D eigenvalue weighted by Crippen LogP contribution is -2.43. The Balaban J connectivity index is 1.54. The fourth-order valence-electron chi connectivity index (χ4n) is 3.35. The van der Waals surface area contributed by atoms with E-state index in [0.29, 0.717) is 6.04 Å². The maximum absolute atomic E-state index is 12.4. The highest BCUT2D eigenvalue weighted by Crippen LogP contribution is 2.25. The molecular formula is C18H21N3O. The first-order valence-corrected chi connectivity index (χ1v) is 8.18. The maximum Gasteiger partial charge on any atom is 0.237 e. The number of nitrogens with one attached hydrogen (secondary N) is 1. The van der Waals surface area contributed by atoms with E-state index < -0.39 is 0 Å². The first-order chi connectivity index (χ1) is 10.8. The summed E-state index contributed by atoms with van der Waals surface area (Å²) >= 11 is 0. The van der Waals surface area contributed by atoms with Gasteiger partial charge in [-0.15, -0.1) is 0 Å². The molecule has 1 aromatic carbocycles. The van der Waals surface area contributed by atoms with Gasteiger partial charge in [0.1, 0.15) is 0 Å². The van der Waals surface area contributed by atoms with E-state index in [1.165, 1.54) is 5.56 Å². The van der Waals surface area contributed by atoms with Crippen molar-refractivity contribution in [2.75, 3.05) is 6.54 Å². The summed E-state index contributed by atoms with van der Waals surface area (Å²) in [5.41, 5.74) is 2.27. The van der Waals surface area contributed by atoms with Crippen LogP contribution in [0.1, 0.15) is 31.2 Å². The lowest BCUT2D eigenvalue weighted by atomic mass is 10.1. The van der Waals surface area contributed by atoms with Crippen molar-refractivity contribution in [2.24, 2.45) is 0 Å². The minimum atomic E-state index is 0.0274. The van der Waals surface area contributed by atoms with Gasteiger partial charge in [0.25, 0.3) is 0 Å². The zero-order valence-electron chi connectivity index (χ0n) is 12.7. The Morgan fingerprint density at radius 3 is 2.95 bits per heavy atom. The molecule has 1 saturated carbocycles. The van der Waals surface area contributed by atoms with Crippen molar-refractivity contribution in [3.8, 4) is 0 Å². The summed E-state index contributed by atoms with van der Waals surface area (Å²) < 4.78 is 0. The number of pyridine rings is 1. The molecule has 22 heavy (non-hydrogen) atoms. The molecule has 1 atom stereocenters. The Bertz CT molecular complexity index is 690. The van der Waals surface area contributed by atoms with Crippen molar-refractivity contribution in [1.29, 1.82) is 0 Å². The van der Waals surface area contributed by atoms with Gasteiger partial charge in [-0.3, -0.25) is 14.7 Å². The molecule has 0 spiro atoms. The van der Waals surface area contributed by atoms with Crippen molar-refractivity contribution < 1.29 is 4.79 Å². The van der Waals surface area contributed by atoms with Gasteiger partial charge in [0, 0.05) is 24.2 Å². The summed E-state index contributed by atoms with van der Waals surface area (Å²) in [4.78, 5) is 19.2. The molecule has 0 bridgehead atoms. The quantitative estimate of drug-likeness (QED) is 0.942. The molecule has 2 aliphatic rings. The number of para-hydroxylation sites is 1.